The van der Waals surface area contributed by atoms with E-state index >= 15 is 0 Å². The number of furan rings is 1. The minimum Gasteiger partial charge on any atom is -0.459 e. The molecule has 9 heteroatoms. The van der Waals surface area contributed by atoms with Crippen molar-refractivity contribution < 1.29 is 14.1 Å². The fraction of sp³-hybridized carbons (Fsp3) is 0.273. The summed E-state index contributed by atoms with van der Waals surface area (Å²) in [4.78, 5) is 17.3. The van der Waals surface area contributed by atoms with Gasteiger partial charge in [-0.2, -0.15) is 0 Å². The fourth-order valence-electron chi connectivity index (χ4n) is 3.77. The lowest BCUT2D eigenvalue weighted by atomic mass is 10.0. The van der Waals surface area contributed by atoms with Gasteiger partial charge in [0, 0.05) is 44.2 Å². The molecule has 2 aromatic heterocycles. The van der Waals surface area contributed by atoms with Gasteiger partial charge < -0.3 is 19.4 Å². The monoisotopic (exact) mass is 438 g/mol. The maximum absolute atomic E-state index is 11.1. The molecule has 160 valence electrons. The molecule has 3 aromatic rings. The van der Waals surface area contributed by atoms with Gasteiger partial charge in [-0.05, 0) is 42.9 Å². The molecule has 0 aliphatic carbocycles. The predicted octanol–water partition coefficient (Wildman–Crippen LogP) is 4.26. The number of benzene rings is 1. The lowest BCUT2D eigenvalue weighted by Gasteiger charge is -2.25. The van der Waals surface area contributed by atoms with Crippen LogP contribution in [0.5, 0.6) is 0 Å². The van der Waals surface area contributed by atoms with Crippen molar-refractivity contribution in [2.45, 2.75) is 18.5 Å². The third-order valence-electron chi connectivity index (χ3n) is 5.21. The molecular weight excluding hydrogens is 416 g/mol. The number of nitrogens with one attached hydrogen (secondary N) is 1. The third kappa shape index (κ3) is 4.42. The van der Waals surface area contributed by atoms with Crippen molar-refractivity contribution in [3.63, 3.8) is 0 Å². The van der Waals surface area contributed by atoms with Gasteiger partial charge in [0.1, 0.15) is 17.6 Å². The van der Waals surface area contributed by atoms with Crippen LogP contribution < -0.4 is 5.32 Å². The summed E-state index contributed by atoms with van der Waals surface area (Å²) in [6.07, 6.45) is 2.56. The second-order valence-electron chi connectivity index (χ2n) is 7.18. The SMILES string of the molecule is COCCCN1C(=S)N[C@@H](c2ccccn2)[C@H]1c1ccc(-c2cccc([N+](=O)[O-])c2)o1. The summed E-state index contributed by atoms with van der Waals surface area (Å²) >= 11 is 5.62. The van der Waals surface area contributed by atoms with Gasteiger partial charge >= 0.3 is 0 Å². The van der Waals surface area contributed by atoms with Crippen molar-refractivity contribution in [2.24, 2.45) is 0 Å². The van der Waals surface area contributed by atoms with Crippen LogP contribution >= 0.6 is 12.2 Å². The molecule has 31 heavy (non-hydrogen) atoms. The van der Waals surface area contributed by atoms with Crippen molar-refractivity contribution in [3.8, 4) is 11.3 Å². The molecule has 1 aliphatic heterocycles. The second kappa shape index (κ2) is 9.23. The number of rotatable bonds is 8. The van der Waals surface area contributed by atoms with E-state index in [2.05, 4.69) is 15.2 Å². The average molecular weight is 439 g/mol. The van der Waals surface area contributed by atoms with E-state index < -0.39 is 4.92 Å². The number of nitrogens with zero attached hydrogens (tertiary/aromatic N) is 3. The molecule has 0 bridgehead atoms. The van der Waals surface area contributed by atoms with E-state index in [1.165, 1.54) is 12.1 Å². The normalized spacial score (nSPS) is 18.2. The molecule has 1 aromatic carbocycles. The minimum absolute atomic E-state index is 0.0201. The van der Waals surface area contributed by atoms with Crippen LogP contribution in [0, 0.1) is 10.1 Å². The Labute approximate surface area is 185 Å². The van der Waals surface area contributed by atoms with Gasteiger partial charge in [0.2, 0.25) is 0 Å². The van der Waals surface area contributed by atoms with Crippen molar-refractivity contribution >= 4 is 23.0 Å². The maximum Gasteiger partial charge on any atom is 0.270 e. The quantitative estimate of drug-likeness (QED) is 0.241. The Balaban J connectivity index is 1.68. The van der Waals surface area contributed by atoms with Crippen molar-refractivity contribution in [3.05, 3.63) is 82.4 Å². The smallest absolute Gasteiger partial charge is 0.270 e. The van der Waals surface area contributed by atoms with Crippen LogP contribution in [0.25, 0.3) is 11.3 Å². The van der Waals surface area contributed by atoms with Crippen LogP contribution in [0.1, 0.15) is 30.0 Å². The molecule has 1 aliphatic rings. The summed E-state index contributed by atoms with van der Waals surface area (Å²) in [6.45, 7) is 1.32. The van der Waals surface area contributed by atoms with Crippen molar-refractivity contribution in [1.82, 2.24) is 15.2 Å². The maximum atomic E-state index is 11.1. The van der Waals surface area contributed by atoms with Crippen LogP contribution in [0.3, 0.4) is 0 Å². The molecule has 8 nitrogen and oxygen atoms in total. The highest BCUT2D eigenvalue weighted by atomic mass is 32.1. The zero-order chi connectivity index (χ0) is 21.8. The zero-order valence-corrected chi connectivity index (χ0v) is 17.7. The van der Waals surface area contributed by atoms with Crippen molar-refractivity contribution in [2.75, 3.05) is 20.3 Å². The van der Waals surface area contributed by atoms with Gasteiger partial charge in [0.05, 0.1) is 16.7 Å². The number of hydrogen-bond acceptors (Lipinski definition) is 6. The third-order valence-corrected chi connectivity index (χ3v) is 5.56. The number of non-ortho nitro benzene ring substituents is 1. The van der Waals surface area contributed by atoms with E-state index in [0.29, 0.717) is 35.3 Å². The summed E-state index contributed by atoms with van der Waals surface area (Å²) in [6, 6.07) is 15.5. The first-order valence-electron chi connectivity index (χ1n) is 9.90. The first kappa shape index (κ1) is 21.0. The van der Waals surface area contributed by atoms with Crippen LogP contribution in [-0.4, -0.2) is 40.2 Å². The first-order valence-corrected chi connectivity index (χ1v) is 10.3. The number of thiocarbonyl (C=S) groups is 1. The molecular formula is C22H22N4O4S. The molecule has 0 amide bonds. The summed E-state index contributed by atoms with van der Waals surface area (Å²) in [5, 5.41) is 15.1. The van der Waals surface area contributed by atoms with Crippen LogP contribution in [-0.2, 0) is 4.74 Å². The summed E-state index contributed by atoms with van der Waals surface area (Å²) in [5.41, 5.74) is 1.53. The molecule has 0 radical (unpaired) electrons. The Hall–Kier alpha value is -3.30. The Kier molecular flexibility index (Phi) is 6.24. The van der Waals surface area contributed by atoms with Crippen LogP contribution in [0.2, 0.25) is 0 Å². The van der Waals surface area contributed by atoms with Gasteiger partial charge in [-0.3, -0.25) is 15.1 Å². The van der Waals surface area contributed by atoms with Crippen molar-refractivity contribution in [1.29, 1.82) is 0 Å². The topological polar surface area (TPSA) is 93.7 Å². The summed E-state index contributed by atoms with van der Waals surface area (Å²) in [5.74, 6) is 1.27. The number of hydrogen-bond donors (Lipinski definition) is 1. The van der Waals surface area contributed by atoms with Gasteiger partial charge in [-0.1, -0.05) is 18.2 Å². The number of ether oxygens (including phenoxy) is 1. The van der Waals surface area contributed by atoms with E-state index in [1.54, 1.807) is 25.4 Å². The molecule has 3 heterocycles. The van der Waals surface area contributed by atoms with E-state index in [4.69, 9.17) is 21.4 Å². The van der Waals surface area contributed by atoms with Crippen LogP contribution in [0.4, 0.5) is 5.69 Å². The minimum atomic E-state index is -0.415. The predicted molar refractivity (Wildman–Crippen MR) is 119 cm³/mol. The van der Waals surface area contributed by atoms with E-state index in [1.807, 2.05) is 30.3 Å². The van der Waals surface area contributed by atoms with Gasteiger partial charge in [-0.15, -0.1) is 0 Å². The fourth-order valence-corrected chi connectivity index (χ4v) is 4.11. The van der Waals surface area contributed by atoms with Gasteiger partial charge in [0.25, 0.3) is 5.69 Å². The number of methoxy groups -OCH3 is 1. The van der Waals surface area contributed by atoms with Gasteiger partial charge in [-0.25, -0.2) is 0 Å². The Morgan fingerprint density at radius 3 is 2.87 bits per heavy atom. The standard InChI is InChI=1S/C22H22N4O4S/c1-29-13-5-12-25-21(20(24-22(25)31)17-8-2-3-11-23-17)19-10-9-18(30-19)15-6-4-7-16(14-15)26(27)28/h2-4,6-11,14,20-21H,5,12-13H2,1H3,(H,24,31)/t20-,21+/m0/s1. The lowest BCUT2D eigenvalue weighted by molar-refractivity contribution is -0.384. The second-order valence-corrected chi connectivity index (χ2v) is 7.56. The highest BCUT2D eigenvalue weighted by molar-refractivity contribution is 7.80. The largest absolute Gasteiger partial charge is 0.459 e. The van der Waals surface area contributed by atoms with E-state index in [9.17, 15) is 10.1 Å². The average Bonchev–Trinajstić information content (AvgIpc) is 3.39. The molecule has 0 unspecified atom stereocenters. The summed E-state index contributed by atoms with van der Waals surface area (Å²) < 4.78 is 11.4. The molecule has 1 N–H and O–H groups in total. The lowest BCUT2D eigenvalue weighted by Crippen LogP contribution is -2.31. The van der Waals surface area contributed by atoms with Crippen LogP contribution in [0.15, 0.2) is 65.2 Å². The summed E-state index contributed by atoms with van der Waals surface area (Å²) in [7, 11) is 1.67. The Morgan fingerprint density at radius 2 is 2.13 bits per heavy atom. The number of aromatic nitrogens is 1. The van der Waals surface area contributed by atoms with Gasteiger partial charge in [0.15, 0.2) is 5.11 Å². The Bertz CT molecular complexity index is 1070. The molecule has 0 saturated carbocycles. The molecule has 1 saturated heterocycles. The van der Waals surface area contributed by atoms with E-state index in [0.717, 1.165) is 12.1 Å². The molecule has 4 rings (SSSR count). The number of pyridine rings is 1. The Morgan fingerprint density at radius 1 is 1.26 bits per heavy atom. The highest BCUT2D eigenvalue weighted by Crippen LogP contribution is 2.40. The number of nitro groups is 1. The first-order chi connectivity index (χ1) is 15.1. The molecule has 0 spiro atoms. The highest BCUT2D eigenvalue weighted by Gasteiger charge is 2.41. The zero-order valence-electron chi connectivity index (χ0n) is 16.9. The molecule has 1 fully saturated rings. The van der Waals surface area contributed by atoms with E-state index in [-0.39, 0.29) is 17.8 Å². The molecule has 2 atom stereocenters. The number of nitro benzene ring substituents is 1.